The Morgan fingerprint density at radius 2 is 1.83 bits per heavy atom. The van der Waals surface area contributed by atoms with E-state index in [0.29, 0.717) is 25.5 Å². The van der Waals surface area contributed by atoms with E-state index < -0.39 is 0 Å². The lowest BCUT2D eigenvalue weighted by molar-refractivity contribution is -0.127. The van der Waals surface area contributed by atoms with Crippen LogP contribution >= 0.6 is 0 Å². The van der Waals surface area contributed by atoms with E-state index in [2.05, 4.69) is 27.5 Å². The first-order valence-corrected chi connectivity index (χ1v) is 11.9. The largest absolute Gasteiger partial charge is 0.354 e. The molecule has 1 fully saturated rings. The number of hydrogen-bond donors (Lipinski definition) is 1. The van der Waals surface area contributed by atoms with Gasteiger partial charge in [-0.2, -0.15) is 5.10 Å². The molecule has 1 saturated heterocycles. The molecule has 8 heteroatoms. The molecule has 178 valence electrons. The molecule has 0 spiro atoms. The quantitative estimate of drug-likeness (QED) is 0.361. The molecule has 0 aliphatic carbocycles. The van der Waals surface area contributed by atoms with Gasteiger partial charge < -0.3 is 10.2 Å². The van der Waals surface area contributed by atoms with E-state index in [4.69, 9.17) is 4.98 Å². The number of nitrogens with one attached hydrogen (secondary N) is 1. The number of hydrogen-bond acceptors (Lipinski definition) is 5. The van der Waals surface area contributed by atoms with E-state index in [0.717, 1.165) is 53.9 Å². The average molecular weight is 471 g/mol. The average Bonchev–Trinajstić information content (AvgIpc) is 3.52. The second kappa shape index (κ2) is 10.5. The molecule has 2 aromatic heterocycles. The summed E-state index contributed by atoms with van der Waals surface area (Å²) in [6, 6.07) is 16.5. The van der Waals surface area contributed by atoms with Crippen LogP contribution in [0, 0.1) is 5.82 Å². The molecule has 4 aromatic rings. The van der Waals surface area contributed by atoms with E-state index in [1.165, 1.54) is 12.1 Å². The Morgan fingerprint density at radius 1 is 1.00 bits per heavy atom. The Kier molecular flexibility index (Phi) is 6.79. The van der Waals surface area contributed by atoms with Crippen LogP contribution in [0.15, 0.2) is 73.2 Å². The van der Waals surface area contributed by atoms with Crippen molar-refractivity contribution in [3.05, 3.63) is 84.6 Å². The number of carbonyl (C=O) groups is 1. The zero-order valence-electron chi connectivity index (χ0n) is 19.4. The lowest BCUT2D eigenvalue weighted by atomic mass is 10.0. The van der Waals surface area contributed by atoms with Gasteiger partial charge in [0.05, 0.1) is 18.4 Å². The van der Waals surface area contributed by atoms with Gasteiger partial charge in [-0.05, 0) is 36.1 Å². The first kappa shape index (κ1) is 22.7. The topological polar surface area (TPSA) is 75.9 Å². The van der Waals surface area contributed by atoms with E-state index in [9.17, 15) is 9.18 Å². The molecule has 0 atom stereocenters. The molecule has 1 aliphatic heterocycles. The lowest BCUT2D eigenvalue weighted by Crippen LogP contribution is -2.27. The number of nitrogens with zero attached hydrogens (tertiary/aromatic N) is 5. The van der Waals surface area contributed by atoms with Crippen molar-refractivity contribution < 1.29 is 9.18 Å². The molecule has 0 bridgehead atoms. The molecular weight excluding hydrogens is 443 g/mol. The Morgan fingerprint density at radius 3 is 2.60 bits per heavy atom. The standard InChI is InChI=1S/C27H27FN6O/c28-23-11-9-21(10-12-23)24-17-30-27(29-13-5-15-33-14-4-8-25(33)35)32-26(24)22-16-31-34(19-22)18-20-6-2-1-3-7-20/h1-3,6-7,9-12,16-17,19H,4-5,8,13-15,18H2,(H,29,30,32). The van der Waals surface area contributed by atoms with Crippen molar-refractivity contribution in [3.8, 4) is 22.4 Å². The van der Waals surface area contributed by atoms with Gasteiger partial charge in [0, 0.05) is 49.6 Å². The molecule has 3 heterocycles. The second-order valence-electron chi connectivity index (χ2n) is 8.64. The van der Waals surface area contributed by atoms with Gasteiger partial charge in [-0.15, -0.1) is 0 Å². The van der Waals surface area contributed by atoms with Crippen molar-refractivity contribution in [1.82, 2.24) is 24.6 Å². The maximum Gasteiger partial charge on any atom is 0.223 e. The van der Waals surface area contributed by atoms with Crippen molar-refractivity contribution in [2.45, 2.75) is 25.8 Å². The molecule has 0 saturated carbocycles. The Bertz CT molecular complexity index is 1290. The fourth-order valence-corrected chi connectivity index (χ4v) is 4.28. The third-order valence-corrected chi connectivity index (χ3v) is 6.10. The fraction of sp³-hybridized carbons (Fsp3) is 0.259. The summed E-state index contributed by atoms with van der Waals surface area (Å²) in [6.45, 7) is 2.89. The normalized spacial score (nSPS) is 13.4. The van der Waals surface area contributed by atoms with E-state index in [1.807, 2.05) is 34.0 Å². The minimum atomic E-state index is -0.290. The van der Waals surface area contributed by atoms with Crippen molar-refractivity contribution in [1.29, 1.82) is 0 Å². The number of anilines is 1. The predicted molar refractivity (Wildman–Crippen MR) is 133 cm³/mol. The highest BCUT2D eigenvalue weighted by Gasteiger charge is 2.19. The number of aromatic nitrogens is 4. The highest BCUT2D eigenvalue weighted by molar-refractivity contribution is 5.80. The molecule has 35 heavy (non-hydrogen) atoms. The van der Waals surface area contributed by atoms with Gasteiger partial charge in [0.2, 0.25) is 11.9 Å². The number of rotatable bonds is 9. The monoisotopic (exact) mass is 470 g/mol. The summed E-state index contributed by atoms with van der Waals surface area (Å²) < 4.78 is 15.4. The van der Waals surface area contributed by atoms with E-state index >= 15 is 0 Å². The van der Waals surface area contributed by atoms with Gasteiger partial charge >= 0.3 is 0 Å². The predicted octanol–water partition coefficient (Wildman–Crippen LogP) is 4.62. The van der Waals surface area contributed by atoms with Crippen LogP contribution in [0.5, 0.6) is 0 Å². The molecule has 2 aromatic carbocycles. The number of carbonyl (C=O) groups excluding carboxylic acids is 1. The van der Waals surface area contributed by atoms with Crippen LogP contribution in [-0.2, 0) is 11.3 Å². The summed E-state index contributed by atoms with van der Waals surface area (Å²) in [4.78, 5) is 23.0. The number of amides is 1. The van der Waals surface area contributed by atoms with Crippen molar-refractivity contribution >= 4 is 11.9 Å². The molecule has 7 nitrogen and oxygen atoms in total. The minimum Gasteiger partial charge on any atom is -0.354 e. The van der Waals surface area contributed by atoms with Gasteiger partial charge in [0.1, 0.15) is 5.82 Å². The van der Waals surface area contributed by atoms with Gasteiger partial charge in [-0.25, -0.2) is 14.4 Å². The zero-order valence-corrected chi connectivity index (χ0v) is 19.4. The smallest absolute Gasteiger partial charge is 0.223 e. The molecular formula is C27H27FN6O. The number of benzene rings is 2. The maximum absolute atomic E-state index is 13.5. The van der Waals surface area contributed by atoms with Gasteiger partial charge in [-0.3, -0.25) is 9.48 Å². The van der Waals surface area contributed by atoms with Crippen LogP contribution in [0.2, 0.25) is 0 Å². The molecule has 1 amide bonds. The van der Waals surface area contributed by atoms with E-state index in [-0.39, 0.29) is 11.7 Å². The number of halogens is 1. The van der Waals surface area contributed by atoms with Crippen LogP contribution < -0.4 is 5.32 Å². The van der Waals surface area contributed by atoms with Crippen LogP contribution in [0.3, 0.4) is 0 Å². The van der Waals surface area contributed by atoms with Crippen LogP contribution in [-0.4, -0.2) is 50.2 Å². The molecule has 0 unspecified atom stereocenters. The first-order chi connectivity index (χ1) is 17.2. The summed E-state index contributed by atoms with van der Waals surface area (Å²) >= 11 is 0. The summed E-state index contributed by atoms with van der Waals surface area (Å²) in [5.74, 6) is 0.454. The molecule has 5 rings (SSSR count). The Hall–Kier alpha value is -4.07. The number of likely N-dealkylation sites (tertiary alicyclic amines) is 1. The third kappa shape index (κ3) is 5.54. The van der Waals surface area contributed by atoms with Crippen LogP contribution in [0.4, 0.5) is 10.3 Å². The van der Waals surface area contributed by atoms with Crippen molar-refractivity contribution in [2.24, 2.45) is 0 Å². The lowest BCUT2D eigenvalue weighted by Gasteiger charge is -2.15. The molecule has 1 aliphatic rings. The Labute approximate surface area is 203 Å². The van der Waals surface area contributed by atoms with E-state index in [1.54, 1.807) is 24.5 Å². The first-order valence-electron chi connectivity index (χ1n) is 11.9. The third-order valence-electron chi connectivity index (χ3n) is 6.10. The Balaban J connectivity index is 1.36. The summed E-state index contributed by atoms with van der Waals surface area (Å²) in [6.07, 6.45) is 7.94. The summed E-state index contributed by atoms with van der Waals surface area (Å²) in [7, 11) is 0. The summed E-state index contributed by atoms with van der Waals surface area (Å²) in [5.41, 5.74) is 4.37. The SMILES string of the molecule is O=C1CCCN1CCCNc1ncc(-c2ccc(F)cc2)c(-c2cnn(Cc3ccccc3)c2)n1. The molecule has 1 N–H and O–H groups in total. The fourth-order valence-electron chi connectivity index (χ4n) is 4.28. The highest BCUT2D eigenvalue weighted by atomic mass is 19.1. The minimum absolute atomic E-state index is 0.236. The molecule has 0 radical (unpaired) electrons. The second-order valence-corrected chi connectivity index (χ2v) is 8.64. The van der Waals surface area contributed by atoms with Gasteiger partial charge in [0.15, 0.2) is 0 Å². The maximum atomic E-state index is 13.5. The summed E-state index contributed by atoms with van der Waals surface area (Å²) in [5, 5.41) is 7.81. The highest BCUT2D eigenvalue weighted by Crippen LogP contribution is 2.31. The van der Waals surface area contributed by atoms with Crippen molar-refractivity contribution in [2.75, 3.05) is 25.0 Å². The van der Waals surface area contributed by atoms with Gasteiger partial charge in [-0.1, -0.05) is 42.5 Å². The van der Waals surface area contributed by atoms with Crippen LogP contribution in [0.25, 0.3) is 22.4 Å². The van der Waals surface area contributed by atoms with Gasteiger partial charge in [0.25, 0.3) is 0 Å². The van der Waals surface area contributed by atoms with Crippen LogP contribution in [0.1, 0.15) is 24.8 Å². The zero-order chi connectivity index (χ0) is 24.0. The van der Waals surface area contributed by atoms with Crippen molar-refractivity contribution in [3.63, 3.8) is 0 Å².